The van der Waals surface area contributed by atoms with E-state index in [1.54, 1.807) is 36.9 Å². The number of piperidine rings is 2. The van der Waals surface area contributed by atoms with Crippen molar-refractivity contribution in [2.45, 2.75) is 50.4 Å². The van der Waals surface area contributed by atoms with Crippen molar-refractivity contribution in [3.8, 4) is 0 Å². The number of nitrogens with zero attached hydrogens (tertiary/aromatic N) is 4. The summed E-state index contributed by atoms with van der Waals surface area (Å²) < 4.78 is 51.1. The van der Waals surface area contributed by atoms with Crippen molar-refractivity contribution >= 4 is 60.6 Å². The molecular formula is C42H54AlLiN6O6S2. The Bertz CT molecular complexity index is 2140. The van der Waals surface area contributed by atoms with Crippen LogP contribution >= 0.6 is 0 Å². The molecule has 4 unspecified atom stereocenters. The molecule has 2 aromatic carbocycles. The van der Waals surface area contributed by atoms with Gasteiger partial charge in [0.2, 0.25) is 31.9 Å². The quantitative estimate of drug-likeness (QED) is 0.199. The van der Waals surface area contributed by atoms with Gasteiger partial charge in [0.1, 0.15) is 0 Å². The number of hydrogen-bond donors (Lipinski definition) is 2. The summed E-state index contributed by atoms with van der Waals surface area (Å²) in [5.74, 6) is 2.16. The third kappa shape index (κ3) is 10.2. The van der Waals surface area contributed by atoms with Crippen LogP contribution in [-0.4, -0.2) is 104 Å². The fourth-order valence-electron chi connectivity index (χ4n) is 9.21. The van der Waals surface area contributed by atoms with Gasteiger partial charge in [0, 0.05) is 86.0 Å². The van der Waals surface area contributed by atoms with Gasteiger partial charge in [-0.25, -0.2) is 16.8 Å². The summed E-state index contributed by atoms with van der Waals surface area (Å²) in [4.78, 5) is 37.1. The first kappa shape index (κ1) is 45.4. The number of aromatic nitrogens is 2. The Morgan fingerprint density at radius 2 is 0.966 bits per heavy atom. The van der Waals surface area contributed by atoms with E-state index in [0.29, 0.717) is 47.9 Å². The zero-order chi connectivity index (χ0) is 39.9. The van der Waals surface area contributed by atoms with Gasteiger partial charge in [0.05, 0.1) is 12.5 Å². The number of likely N-dealkylation sites (tertiary alicyclic amines) is 2. The third-order valence-electron chi connectivity index (χ3n) is 12.5. The summed E-state index contributed by atoms with van der Waals surface area (Å²) in [6.07, 6.45) is 11.8. The van der Waals surface area contributed by atoms with E-state index in [0.717, 1.165) is 73.8 Å². The molecule has 4 aromatic rings. The van der Waals surface area contributed by atoms with E-state index in [-0.39, 0.29) is 60.3 Å². The van der Waals surface area contributed by atoms with E-state index in [1.807, 2.05) is 58.3 Å². The Labute approximate surface area is 366 Å². The molecule has 4 atom stereocenters. The number of aryl methyl sites for hydroxylation is 2. The van der Waals surface area contributed by atoms with Crippen LogP contribution in [0.3, 0.4) is 0 Å². The Balaban J connectivity index is 0.000000248. The van der Waals surface area contributed by atoms with Crippen molar-refractivity contribution in [1.29, 1.82) is 0 Å². The van der Waals surface area contributed by atoms with Crippen molar-refractivity contribution in [3.63, 3.8) is 0 Å². The van der Waals surface area contributed by atoms with Gasteiger partial charge < -0.3 is 11.2 Å². The van der Waals surface area contributed by atoms with Gasteiger partial charge in [-0.1, -0.05) is 38.1 Å². The van der Waals surface area contributed by atoms with Crippen LogP contribution in [0.4, 0.5) is 11.4 Å². The normalized spacial score (nSPS) is 25.1. The topological polar surface area (TPSA) is 159 Å². The Kier molecular flexibility index (Phi) is 14.0. The van der Waals surface area contributed by atoms with Gasteiger partial charge >= 0.3 is 18.9 Å². The molecule has 16 heteroatoms. The molecule has 2 aliphatic heterocycles. The van der Waals surface area contributed by atoms with Crippen LogP contribution in [0.15, 0.2) is 97.6 Å². The number of hydrogen-bond acceptors (Lipinski definition) is 8. The minimum Gasteiger partial charge on any atom is -1.00 e. The average molecular weight is 837 g/mol. The maximum atomic E-state index is 12.6. The molecule has 2 aromatic heterocycles. The predicted molar refractivity (Wildman–Crippen MR) is 228 cm³/mol. The summed E-state index contributed by atoms with van der Waals surface area (Å²) in [7, 11) is -6.59. The molecule has 2 aliphatic carbocycles. The first-order valence-corrected chi connectivity index (χ1v) is 22.8. The van der Waals surface area contributed by atoms with Crippen molar-refractivity contribution < 1.29 is 46.7 Å². The number of benzene rings is 2. The minimum atomic E-state index is -3.29. The molecule has 304 valence electrons. The summed E-state index contributed by atoms with van der Waals surface area (Å²) >= 11 is 0. The molecule has 8 rings (SSSR count). The van der Waals surface area contributed by atoms with Crippen LogP contribution in [0.5, 0.6) is 0 Å². The van der Waals surface area contributed by atoms with Crippen LogP contribution in [0.2, 0.25) is 0 Å². The standard InChI is InChI=1S/2C21H25N3O3S.Al.Li.4H/c2*1-21(16-4-3-5-17(12-16)23-28(2,26)27)18-13-24(14-19(18)21)20(25)7-6-15-8-10-22-11-9-15;;;;;;/h2*3-5,8-12,18-19,23H,6-7,13-14H2,1-2H3;;;;;;/q;;;+1;;;;-1. The number of amides is 2. The number of pyridine rings is 2. The molecule has 2 saturated carbocycles. The summed E-state index contributed by atoms with van der Waals surface area (Å²) in [5.41, 5.74) is 5.75. The molecule has 4 aliphatic rings. The Morgan fingerprint density at radius 1 is 0.638 bits per heavy atom. The van der Waals surface area contributed by atoms with Crippen molar-refractivity contribution in [3.05, 3.63) is 120 Å². The number of anilines is 2. The molecule has 12 nitrogen and oxygen atoms in total. The summed E-state index contributed by atoms with van der Waals surface area (Å²) in [6.45, 7) is 7.56. The summed E-state index contributed by atoms with van der Waals surface area (Å²) in [5, 5.41) is 0. The molecule has 0 spiro atoms. The van der Waals surface area contributed by atoms with Crippen LogP contribution in [0, 0.1) is 23.7 Å². The molecule has 58 heavy (non-hydrogen) atoms. The molecule has 2 saturated heterocycles. The first-order valence-electron chi connectivity index (χ1n) is 19.0. The number of carbonyl (C=O) groups excluding carboxylic acids is 2. The van der Waals surface area contributed by atoms with Crippen LogP contribution < -0.4 is 28.3 Å². The Hall–Kier alpha value is -3.69. The number of carbonyl (C=O) groups is 2. The monoisotopic (exact) mass is 836 g/mol. The van der Waals surface area contributed by atoms with Crippen LogP contribution in [-0.2, 0) is 53.3 Å². The smallest absolute Gasteiger partial charge is 1.00 e. The number of fused-ring (bicyclic) bond motifs is 2. The number of rotatable bonds is 12. The largest absolute Gasteiger partial charge is 1.00 e. The van der Waals surface area contributed by atoms with Crippen molar-refractivity contribution in [2.24, 2.45) is 23.7 Å². The fraction of sp³-hybridized carbons (Fsp3) is 0.429. The van der Waals surface area contributed by atoms with E-state index in [1.165, 1.54) is 0 Å². The van der Waals surface area contributed by atoms with E-state index < -0.39 is 20.0 Å². The maximum Gasteiger partial charge on any atom is 1.00 e. The first-order chi connectivity index (χ1) is 26.5. The van der Waals surface area contributed by atoms with Gasteiger partial charge in [-0.15, -0.1) is 0 Å². The molecule has 0 bridgehead atoms. The second-order valence-corrected chi connectivity index (χ2v) is 19.7. The second kappa shape index (κ2) is 17.9. The van der Waals surface area contributed by atoms with Gasteiger partial charge in [0.15, 0.2) is 17.4 Å². The predicted octanol–water partition coefficient (Wildman–Crippen LogP) is 0.796. The van der Waals surface area contributed by atoms with Gasteiger partial charge in [-0.05, 0) is 107 Å². The molecular weight excluding hydrogens is 783 g/mol. The van der Waals surface area contributed by atoms with E-state index in [9.17, 15) is 26.4 Å². The van der Waals surface area contributed by atoms with Crippen LogP contribution in [0.25, 0.3) is 0 Å². The number of sulfonamides is 2. The zero-order valence-corrected chi connectivity index (χ0v) is 34.9. The van der Waals surface area contributed by atoms with Crippen molar-refractivity contribution in [1.82, 2.24) is 19.8 Å². The second-order valence-electron chi connectivity index (χ2n) is 16.2. The SMILES string of the molecule is CC1(c2cccc(NS(C)(=O)=O)c2)C2CN(C(=O)CCc3ccncc3)CC21.CC1(c2cccc(NS(C)(=O)=O)c2)C2CN(C(=O)CCc3ccncc3)CC21.[AlH3].[H-].[Li+]. The van der Waals surface area contributed by atoms with Gasteiger partial charge in [-0.3, -0.25) is 29.0 Å². The average Bonchev–Trinajstić information content (AvgIpc) is 3.63. The third-order valence-corrected chi connectivity index (χ3v) is 13.8. The molecule has 0 radical (unpaired) electrons. The summed E-state index contributed by atoms with van der Waals surface area (Å²) in [6, 6.07) is 23.1. The molecule has 4 fully saturated rings. The van der Waals surface area contributed by atoms with Gasteiger partial charge in [0.25, 0.3) is 0 Å². The van der Waals surface area contributed by atoms with E-state index >= 15 is 0 Å². The zero-order valence-electron chi connectivity index (χ0n) is 34.3. The molecule has 2 amide bonds. The fourth-order valence-corrected chi connectivity index (χ4v) is 10.3. The van der Waals surface area contributed by atoms with Gasteiger partial charge in [-0.2, -0.15) is 0 Å². The Morgan fingerprint density at radius 3 is 1.28 bits per heavy atom. The maximum absolute atomic E-state index is 12.6. The molecule has 4 heterocycles. The molecule has 2 N–H and O–H groups in total. The van der Waals surface area contributed by atoms with E-state index in [4.69, 9.17) is 0 Å². The minimum absolute atomic E-state index is 0. The van der Waals surface area contributed by atoms with Crippen LogP contribution in [0.1, 0.15) is 50.4 Å². The van der Waals surface area contributed by atoms with Crippen molar-refractivity contribution in [2.75, 3.05) is 48.1 Å². The number of nitrogens with one attached hydrogen (secondary N) is 2. The van der Waals surface area contributed by atoms with E-state index in [2.05, 4.69) is 45.4 Å².